The second kappa shape index (κ2) is 11.5. The molecule has 9 nitrogen and oxygen atoms in total. The molecule has 0 bridgehead atoms. The van der Waals surface area contributed by atoms with Crippen LogP contribution in [0.5, 0.6) is 0 Å². The molecule has 1 atom stereocenters. The quantitative estimate of drug-likeness (QED) is 0.287. The summed E-state index contributed by atoms with van der Waals surface area (Å²) in [5.41, 5.74) is 2.75. The molecule has 0 saturated carbocycles. The van der Waals surface area contributed by atoms with Crippen molar-refractivity contribution in [3.8, 4) is 11.3 Å². The van der Waals surface area contributed by atoms with Gasteiger partial charge >= 0.3 is 0 Å². The van der Waals surface area contributed by atoms with Crippen molar-refractivity contribution in [3.63, 3.8) is 0 Å². The molecule has 0 radical (unpaired) electrons. The number of imidazole rings is 1. The average molecular weight is 591 g/mol. The van der Waals surface area contributed by atoms with E-state index in [9.17, 15) is 9.50 Å². The molecular formula is C32H40F2N8O. The predicted octanol–water partition coefficient (Wildman–Crippen LogP) is 5.25. The van der Waals surface area contributed by atoms with E-state index in [4.69, 9.17) is 4.98 Å². The first kappa shape index (κ1) is 29.5. The molecular weight excluding hydrogens is 550 g/mol. The van der Waals surface area contributed by atoms with Crippen molar-refractivity contribution in [1.29, 1.82) is 0 Å². The third kappa shape index (κ3) is 6.39. The Morgan fingerprint density at radius 2 is 1.88 bits per heavy atom. The van der Waals surface area contributed by atoms with E-state index in [1.54, 1.807) is 6.07 Å². The molecule has 3 aromatic heterocycles. The van der Waals surface area contributed by atoms with Crippen molar-refractivity contribution in [2.24, 2.45) is 5.92 Å². The number of likely N-dealkylation sites (tertiary alicyclic amines) is 1. The fourth-order valence-electron chi connectivity index (χ4n) is 6.62. The molecule has 6 rings (SSSR count). The van der Waals surface area contributed by atoms with E-state index in [0.29, 0.717) is 35.2 Å². The Labute approximate surface area is 251 Å². The third-order valence-electron chi connectivity index (χ3n) is 8.32. The van der Waals surface area contributed by atoms with E-state index in [1.165, 1.54) is 11.6 Å². The molecule has 228 valence electrons. The lowest BCUT2D eigenvalue weighted by Gasteiger charge is -2.31. The van der Waals surface area contributed by atoms with Gasteiger partial charge < -0.3 is 19.9 Å². The van der Waals surface area contributed by atoms with Crippen molar-refractivity contribution in [2.75, 3.05) is 38.0 Å². The van der Waals surface area contributed by atoms with Crippen LogP contribution in [0.2, 0.25) is 0 Å². The summed E-state index contributed by atoms with van der Waals surface area (Å²) in [7, 11) is 0. The number of nitrogens with zero attached hydrogens (tertiary/aromatic N) is 7. The maximum atomic E-state index is 15.1. The van der Waals surface area contributed by atoms with Crippen LogP contribution >= 0.6 is 0 Å². The molecule has 1 unspecified atom stereocenters. The summed E-state index contributed by atoms with van der Waals surface area (Å²) in [6, 6.07) is 7.04. The second-order valence-electron chi connectivity index (χ2n) is 13.0. The van der Waals surface area contributed by atoms with Gasteiger partial charge in [-0.15, -0.1) is 0 Å². The fraction of sp³-hybridized carbons (Fsp3) is 0.500. The third-order valence-corrected chi connectivity index (χ3v) is 8.32. The van der Waals surface area contributed by atoms with Crippen molar-refractivity contribution < 1.29 is 13.9 Å². The van der Waals surface area contributed by atoms with Gasteiger partial charge in [0.1, 0.15) is 22.9 Å². The Hall–Kier alpha value is -3.54. The highest BCUT2D eigenvalue weighted by molar-refractivity contribution is 5.83. The summed E-state index contributed by atoms with van der Waals surface area (Å²) < 4.78 is 32.0. The van der Waals surface area contributed by atoms with Crippen molar-refractivity contribution >= 4 is 22.8 Å². The van der Waals surface area contributed by atoms with E-state index >= 15 is 4.39 Å². The highest BCUT2D eigenvalue weighted by Crippen LogP contribution is 2.31. The van der Waals surface area contributed by atoms with Gasteiger partial charge in [0.2, 0.25) is 5.95 Å². The van der Waals surface area contributed by atoms with Gasteiger partial charge in [-0.1, -0.05) is 6.07 Å². The number of rotatable bonds is 8. The highest BCUT2D eigenvalue weighted by Gasteiger charge is 2.29. The zero-order valence-electron chi connectivity index (χ0n) is 25.5. The maximum absolute atomic E-state index is 15.1. The minimum absolute atomic E-state index is 0.00842. The van der Waals surface area contributed by atoms with Crippen LogP contribution in [0.3, 0.4) is 0 Å². The summed E-state index contributed by atoms with van der Waals surface area (Å²) in [6.07, 6.45) is 3.09. The molecule has 11 heteroatoms. The Balaban J connectivity index is 1.15. The number of halogens is 2. The first-order valence-corrected chi connectivity index (χ1v) is 15.1. The number of fused-ring (bicyclic) bond motifs is 2. The number of hydrogen-bond donors (Lipinski definition) is 2. The van der Waals surface area contributed by atoms with Crippen LogP contribution in [0.1, 0.15) is 57.2 Å². The smallest absolute Gasteiger partial charge is 0.229 e. The Morgan fingerprint density at radius 3 is 2.65 bits per heavy atom. The van der Waals surface area contributed by atoms with E-state index in [1.807, 2.05) is 45.3 Å². The van der Waals surface area contributed by atoms with Crippen LogP contribution in [-0.2, 0) is 13.0 Å². The molecule has 43 heavy (non-hydrogen) atoms. The lowest BCUT2D eigenvalue weighted by Crippen LogP contribution is -2.39. The second-order valence-corrected chi connectivity index (χ2v) is 13.0. The van der Waals surface area contributed by atoms with Crippen LogP contribution in [0.25, 0.3) is 22.3 Å². The molecule has 4 aromatic rings. The van der Waals surface area contributed by atoms with Crippen LogP contribution in [0, 0.1) is 24.5 Å². The maximum Gasteiger partial charge on any atom is 0.229 e. The Kier molecular flexibility index (Phi) is 7.91. The van der Waals surface area contributed by atoms with E-state index in [-0.39, 0.29) is 23.2 Å². The van der Waals surface area contributed by atoms with Gasteiger partial charge in [-0.3, -0.25) is 4.90 Å². The van der Waals surface area contributed by atoms with Gasteiger partial charge in [0.15, 0.2) is 11.6 Å². The zero-order chi connectivity index (χ0) is 30.5. The number of hydrogen-bond acceptors (Lipinski definition) is 8. The number of pyridine rings is 1. The molecule has 0 spiro atoms. The summed E-state index contributed by atoms with van der Waals surface area (Å²) in [5, 5.41) is 13.3. The molecule has 2 aliphatic rings. The molecule has 0 aliphatic carbocycles. The number of aromatic nitrogens is 5. The number of anilines is 2. The average Bonchev–Trinajstić information content (AvgIpc) is 3.51. The standard InChI is InChI=1S/C32H40F2N8O/c1-19(2)42-20(3)36-30-24(33)12-23(13-27(30)42)29-25(34)14-35-31(39-29)38-28-7-6-22-17-40(11-9-26(22)37-28)15-21-8-10-41(16-21)18-32(4,5)43/h6-7,12-14,19,21,43H,8-11,15-18H2,1-5H3,(H,35,37,38,39). The van der Waals surface area contributed by atoms with Crippen LogP contribution in [0.15, 0.2) is 30.5 Å². The summed E-state index contributed by atoms with van der Waals surface area (Å²) in [5.74, 6) is 0.908. The van der Waals surface area contributed by atoms with Crippen LogP contribution in [-0.4, -0.2) is 77.7 Å². The normalized spacial score (nSPS) is 18.1. The van der Waals surface area contributed by atoms with E-state index in [0.717, 1.165) is 57.5 Å². The number of aryl methyl sites for hydroxylation is 1. The molecule has 1 fully saturated rings. The van der Waals surface area contributed by atoms with E-state index in [2.05, 4.69) is 36.1 Å². The minimum atomic E-state index is -0.666. The van der Waals surface area contributed by atoms with Gasteiger partial charge in [-0.25, -0.2) is 28.7 Å². The molecule has 2 N–H and O–H groups in total. The summed E-state index contributed by atoms with van der Waals surface area (Å²) in [4.78, 5) is 22.6. The number of nitrogens with one attached hydrogen (secondary N) is 1. The van der Waals surface area contributed by atoms with Crippen molar-refractivity contribution in [1.82, 2.24) is 34.3 Å². The fourth-order valence-corrected chi connectivity index (χ4v) is 6.62. The molecule has 5 heterocycles. The predicted molar refractivity (Wildman–Crippen MR) is 163 cm³/mol. The first-order valence-electron chi connectivity index (χ1n) is 15.1. The minimum Gasteiger partial charge on any atom is -0.389 e. The zero-order valence-corrected chi connectivity index (χ0v) is 25.5. The van der Waals surface area contributed by atoms with Gasteiger partial charge in [0.05, 0.1) is 17.3 Å². The van der Waals surface area contributed by atoms with Crippen LogP contribution < -0.4 is 5.32 Å². The van der Waals surface area contributed by atoms with Gasteiger partial charge in [0, 0.05) is 56.4 Å². The number of β-amino-alcohol motifs (C(OH)–C–C–N with tert-alkyl or cyclic N) is 1. The van der Waals surface area contributed by atoms with Gasteiger partial charge in [-0.2, -0.15) is 0 Å². The summed E-state index contributed by atoms with van der Waals surface area (Å²) >= 11 is 0. The monoisotopic (exact) mass is 590 g/mol. The van der Waals surface area contributed by atoms with Crippen LogP contribution in [0.4, 0.5) is 20.5 Å². The van der Waals surface area contributed by atoms with Gasteiger partial charge in [0.25, 0.3) is 0 Å². The molecule has 2 aliphatic heterocycles. The molecule has 1 aromatic carbocycles. The lowest BCUT2D eigenvalue weighted by atomic mass is 10.0. The van der Waals surface area contributed by atoms with Crippen molar-refractivity contribution in [2.45, 2.75) is 65.6 Å². The first-order chi connectivity index (χ1) is 20.4. The van der Waals surface area contributed by atoms with Crippen molar-refractivity contribution in [3.05, 3.63) is 59.2 Å². The molecule has 1 saturated heterocycles. The van der Waals surface area contributed by atoms with Gasteiger partial charge in [-0.05, 0) is 77.3 Å². The SMILES string of the molecule is Cc1nc2c(F)cc(-c3nc(Nc4ccc5c(n4)CCN(CC4CCN(CC(C)(C)O)C4)C5)ncc3F)cc2n1C(C)C. The Morgan fingerprint density at radius 1 is 1.07 bits per heavy atom. The van der Waals surface area contributed by atoms with E-state index < -0.39 is 17.2 Å². The number of aliphatic hydroxyl groups is 1. The topological polar surface area (TPSA) is 95.2 Å². The Bertz CT molecular complexity index is 1650. The summed E-state index contributed by atoms with van der Waals surface area (Å²) in [6.45, 7) is 15.2. The molecule has 0 amide bonds. The lowest BCUT2D eigenvalue weighted by molar-refractivity contribution is 0.0421. The number of benzene rings is 1. The highest BCUT2D eigenvalue weighted by atomic mass is 19.1. The largest absolute Gasteiger partial charge is 0.389 e.